The average Bonchev–Trinajstić information content (AvgIpc) is 2.65. The molecule has 0 atom stereocenters. The Morgan fingerprint density at radius 3 is 2.64 bits per heavy atom. The van der Waals surface area contributed by atoms with Gasteiger partial charge in [-0.3, -0.25) is 4.79 Å². The molecule has 0 bridgehead atoms. The Bertz CT molecular complexity index is 818. The molecule has 2 aromatic carbocycles. The highest BCUT2D eigenvalue weighted by atomic mass is 16.5. The molecule has 126 valence electrons. The molecule has 0 aliphatic carbocycles. The van der Waals surface area contributed by atoms with Gasteiger partial charge < -0.3 is 14.8 Å². The summed E-state index contributed by atoms with van der Waals surface area (Å²) in [5.74, 6) is 0.828. The van der Waals surface area contributed by atoms with Crippen molar-refractivity contribution in [2.75, 3.05) is 19.0 Å². The van der Waals surface area contributed by atoms with E-state index in [9.17, 15) is 10.1 Å². The van der Waals surface area contributed by atoms with Crippen LogP contribution in [-0.4, -0.2) is 19.6 Å². The summed E-state index contributed by atoms with van der Waals surface area (Å²) >= 11 is 0. The molecule has 0 heterocycles. The Morgan fingerprint density at radius 1 is 1.24 bits per heavy atom. The van der Waals surface area contributed by atoms with E-state index in [1.165, 1.54) is 6.08 Å². The molecule has 0 saturated carbocycles. The SMILES string of the molecule is C=CCOc1ccc(/C=C(\C#N)C(=O)Nc2cccc(OC)c2)cc1. The predicted molar refractivity (Wildman–Crippen MR) is 97.3 cm³/mol. The van der Waals surface area contributed by atoms with Crippen LogP contribution < -0.4 is 14.8 Å². The summed E-state index contributed by atoms with van der Waals surface area (Å²) in [6.45, 7) is 4.00. The molecular formula is C20H18N2O3. The first-order valence-corrected chi connectivity index (χ1v) is 7.57. The van der Waals surface area contributed by atoms with Gasteiger partial charge in [-0.1, -0.05) is 30.9 Å². The molecule has 25 heavy (non-hydrogen) atoms. The standard InChI is InChI=1S/C20H18N2O3/c1-3-11-25-18-9-7-15(8-10-18)12-16(14-21)20(23)22-17-5-4-6-19(13-17)24-2/h3-10,12-13H,1,11H2,2H3,(H,22,23)/b16-12+. The zero-order chi connectivity index (χ0) is 18.1. The lowest BCUT2D eigenvalue weighted by Crippen LogP contribution is -2.13. The summed E-state index contributed by atoms with van der Waals surface area (Å²) in [4.78, 5) is 12.3. The smallest absolute Gasteiger partial charge is 0.266 e. The lowest BCUT2D eigenvalue weighted by atomic mass is 10.1. The summed E-state index contributed by atoms with van der Waals surface area (Å²) in [7, 11) is 1.55. The van der Waals surface area contributed by atoms with Crippen LogP contribution in [0.25, 0.3) is 6.08 Å². The van der Waals surface area contributed by atoms with Gasteiger partial charge >= 0.3 is 0 Å². The minimum Gasteiger partial charge on any atom is -0.497 e. The fraction of sp³-hybridized carbons (Fsp3) is 0.100. The number of ether oxygens (including phenoxy) is 2. The summed E-state index contributed by atoms with van der Waals surface area (Å²) in [5, 5.41) is 11.9. The van der Waals surface area contributed by atoms with Crippen molar-refractivity contribution in [3.63, 3.8) is 0 Å². The first kappa shape index (κ1) is 17.8. The minimum atomic E-state index is -0.484. The molecule has 0 aliphatic rings. The van der Waals surface area contributed by atoms with E-state index in [0.717, 1.165) is 5.56 Å². The van der Waals surface area contributed by atoms with E-state index >= 15 is 0 Å². The van der Waals surface area contributed by atoms with E-state index in [4.69, 9.17) is 9.47 Å². The van der Waals surface area contributed by atoms with E-state index in [2.05, 4.69) is 11.9 Å². The van der Waals surface area contributed by atoms with Gasteiger partial charge in [-0.15, -0.1) is 0 Å². The number of benzene rings is 2. The quantitative estimate of drug-likeness (QED) is 0.475. The second-order valence-corrected chi connectivity index (χ2v) is 5.02. The Balaban J connectivity index is 2.11. The highest BCUT2D eigenvalue weighted by molar-refractivity contribution is 6.09. The Morgan fingerprint density at radius 2 is 2.00 bits per heavy atom. The summed E-state index contributed by atoms with van der Waals surface area (Å²) in [6, 6.07) is 15.9. The number of methoxy groups -OCH3 is 1. The van der Waals surface area contributed by atoms with Crippen LogP contribution in [0.4, 0.5) is 5.69 Å². The number of amides is 1. The van der Waals surface area contributed by atoms with E-state index < -0.39 is 5.91 Å². The molecule has 0 unspecified atom stereocenters. The Hall–Kier alpha value is -3.52. The van der Waals surface area contributed by atoms with E-state index in [-0.39, 0.29) is 5.57 Å². The first-order valence-electron chi connectivity index (χ1n) is 7.57. The molecule has 0 aliphatic heterocycles. The lowest BCUT2D eigenvalue weighted by Gasteiger charge is -2.06. The number of nitrogens with zero attached hydrogens (tertiary/aromatic N) is 1. The van der Waals surface area contributed by atoms with Crippen LogP contribution in [0.2, 0.25) is 0 Å². The highest BCUT2D eigenvalue weighted by Crippen LogP contribution is 2.18. The van der Waals surface area contributed by atoms with Crippen molar-refractivity contribution in [3.8, 4) is 17.6 Å². The zero-order valence-corrected chi connectivity index (χ0v) is 13.9. The Labute approximate surface area is 146 Å². The maximum absolute atomic E-state index is 12.3. The zero-order valence-electron chi connectivity index (χ0n) is 13.9. The maximum Gasteiger partial charge on any atom is 0.266 e. The normalized spacial score (nSPS) is 10.5. The number of anilines is 1. The van der Waals surface area contributed by atoms with Crippen LogP contribution in [0.1, 0.15) is 5.56 Å². The molecule has 0 spiro atoms. The van der Waals surface area contributed by atoms with Crippen molar-refractivity contribution in [2.24, 2.45) is 0 Å². The topological polar surface area (TPSA) is 71.3 Å². The summed E-state index contributed by atoms with van der Waals surface area (Å²) in [5.41, 5.74) is 1.28. The monoisotopic (exact) mass is 334 g/mol. The summed E-state index contributed by atoms with van der Waals surface area (Å²) in [6.07, 6.45) is 3.18. The number of carbonyl (C=O) groups excluding carboxylic acids is 1. The van der Waals surface area contributed by atoms with Crippen LogP contribution >= 0.6 is 0 Å². The van der Waals surface area contributed by atoms with E-state index in [0.29, 0.717) is 23.8 Å². The van der Waals surface area contributed by atoms with Gasteiger partial charge in [0, 0.05) is 11.8 Å². The molecule has 5 heteroatoms. The molecule has 2 rings (SSSR count). The molecule has 0 fully saturated rings. The molecule has 5 nitrogen and oxygen atoms in total. The second-order valence-electron chi connectivity index (χ2n) is 5.02. The highest BCUT2D eigenvalue weighted by Gasteiger charge is 2.10. The maximum atomic E-state index is 12.3. The fourth-order valence-corrected chi connectivity index (χ4v) is 2.03. The molecule has 2 aromatic rings. The van der Waals surface area contributed by atoms with Gasteiger partial charge in [0.15, 0.2) is 0 Å². The number of nitrogens with one attached hydrogen (secondary N) is 1. The fourth-order valence-electron chi connectivity index (χ4n) is 2.03. The van der Waals surface area contributed by atoms with E-state index in [1.807, 2.05) is 6.07 Å². The van der Waals surface area contributed by atoms with Crippen molar-refractivity contribution in [2.45, 2.75) is 0 Å². The molecule has 1 amide bonds. The third-order valence-electron chi connectivity index (χ3n) is 3.25. The van der Waals surface area contributed by atoms with Crippen LogP contribution in [-0.2, 0) is 4.79 Å². The van der Waals surface area contributed by atoms with Crippen LogP contribution in [0, 0.1) is 11.3 Å². The van der Waals surface area contributed by atoms with Crippen molar-refractivity contribution < 1.29 is 14.3 Å². The van der Waals surface area contributed by atoms with Crippen LogP contribution in [0.3, 0.4) is 0 Å². The minimum absolute atomic E-state index is 0.00239. The number of hydrogen-bond acceptors (Lipinski definition) is 4. The van der Waals surface area contributed by atoms with Gasteiger partial charge in [0.1, 0.15) is 29.7 Å². The van der Waals surface area contributed by atoms with Gasteiger partial charge in [-0.2, -0.15) is 5.26 Å². The predicted octanol–water partition coefficient (Wildman–Crippen LogP) is 3.81. The largest absolute Gasteiger partial charge is 0.497 e. The van der Waals surface area contributed by atoms with Crippen molar-refractivity contribution in [1.82, 2.24) is 0 Å². The van der Waals surface area contributed by atoms with Crippen molar-refractivity contribution in [1.29, 1.82) is 5.26 Å². The van der Waals surface area contributed by atoms with Crippen molar-refractivity contribution >= 4 is 17.7 Å². The Kier molecular flexibility index (Phi) is 6.38. The number of carbonyl (C=O) groups is 1. The average molecular weight is 334 g/mol. The molecule has 0 radical (unpaired) electrons. The van der Waals surface area contributed by atoms with Gasteiger partial charge in [0.25, 0.3) is 5.91 Å². The first-order chi connectivity index (χ1) is 12.2. The molecule has 0 aromatic heterocycles. The van der Waals surface area contributed by atoms with Gasteiger partial charge in [0.2, 0.25) is 0 Å². The number of rotatable bonds is 7. The van der Waals surface area contributed by atoms with Gasteiger partial charge in [0.05, 0.1) is 7.11 Å². The van der Waals surface area contributed by atoms with Crippen molar-refractivity contribution in [3.05, 3.63) is 72.3 Å². The second kappa shape index (κ2) is 8.94. The van der Waals surface area contributed by atoms with Gasteiger partial charge in [-0.25, -0.2) is 0 Å². The van der Waals surface area contributed by atoms with E-state index in [1.54, 1.807) is 61.7 Å². The molecule has 0 saturated heterocycles. The van der Waals surface area contributed by atoms with Crippen LogP contribution in [0.15, 0.2) is 66.8 Å². The molecule has 1 N–H and O–H groups in total. The summed E-state index contributed by atoms with van der Waals surface area (Å²) < 4.78 is 10.5. The third-order valence-corrected chi connectivity index (χ3v) is 3.25. The van der Waals surface area contributed by atoms with Crippen LogP contribution in [0.5, 0.6) is 11.5 Å². The molecular weight excluding hydrogens is 316 g/mol. The lowest BCUT2D eigenvalue weighted by molar-refractivity contribution is -0.112. The number of nitriles is 1. The van der Waals surface area contributed by atoms with Gasteiger partial charge in [-0.05, 0) is 35.9 Å². The number of hydrogen-bond donors (Lipinski definition) is 1. The third kappa shape index (κ3) is 5.26.